The first-order valence-electron chi connectivity index (χ1n) is 6.72. The van der Waals surface area contributed by atoms with Gasteiger partial charge in [0.05, 0.1) is 11.6 Å². The van der Waals surface area contributed by atoms with Gasteiger partial charge in [-0.25, -0.2) is 13.1 Å². The van der Waals surface area contributed by atoms with E-state index in [9.17, 15) is 13.2 Å². The standard InChI is InChI=1S/C13H20N4O3S/c1-16-21(19,20)12-5-4-10(7-11(12)14)17-6-2-3-9(8-17)13(15)18/h4-5,7,9,16H,2-3,6,8,14H2,1H3,(H2,15,18). The molecule has 1 aliphatic rings. The Morgan fingerprint density at radius 1 is 1.43 bits per heavy atom. The van der Waals surface area contributed by atoms with E-state index in [1.54, 1.807) is 12.1 Å². The Labute approximate surface area is 124 Å². The van der Waals surface area contributed by atoms with Gasteiger partial charge in [-0.3, -0.25) is 4.79 Å². The minimum atomic E-state index is -3.57. The second-order valence-electron chi connectivity index (χ2n) is 5.12. The van der Waals surface area contributed by atoms with Crippen molar-refractivity contribution in [2.45, 2.75) is 17.7 Å². The molecule has 1 amide bonds. The molecule has 0 aromatic heterocycles. The van der Waals surface area contributed by atoms with Crippen molar-refractivity contribution >= 4 is 27.3 Å². The Morgan fingerprint density at radius 2 is 2.14 bits per heavy atom. The van der Waals surface area contributed by atoms with Crippen LogP contribution in [0.1, 0.15) is 12.8 Å². The third kappa shape index (κ3) is 3.27. The van der Waals surface area contributed by atoms with Crippen LogP contribution in [0.25, 0.3) is 0 Å². The molecule has 21 heavy (non-hydrogen) atoms. The van der Waals surface area contributed by atoms with E-state index in [0.29, 0.717) is 6.54 Å². The predicted molar refractivity (Wildman–Crippen MR) is 81.2 cm³/mol. The van der Waals surface area contributed by atoms with Crippen molar-refractivity contribution in [2.75, 3.05) is 30.8 Å². The largest absolute Gasteiger partial charge is 0.398 e. The second-order valence-corrected chi connectivity index (χ2v) is 6.97. The minimum absolute atomic E-state index is 0.0530. The highest BCUT2D eigenvalue weighted by Gasteiger charge is 2.25. The number of primary amides is 1. The number of benzene rings is 1. The molecular formula is C13H20N4O3S. The fourth-order valence-electron chi connectivity index (χ4n) is 2.53. The molecule has 0 aliphatic carbocycles. The van der Waals surface area contributed by atoms with Crippen molar-refractivity contribution in [1.29, 1.82) is 0 Å². The molecule has 1 aromatic rings. The molecule has 1 unspecified atom stereocenters. The fourth-order valence-corrected chi connectivity index (χ4v) is 3.37. The summed E-state index contributed by atoms with van der Waals surface area (Å²) >= 11 is 0. The molecule has 8 heteroatoms. The predicted octanol–water partition coefficient (Wildman–Crippen LogP) is -0.121. The van der Waals surface area contributed by atoms with Gasteiger partial charge in [0.15, 0.2) is 0 Å². The van der Waals surface area contributed by atoms with Gasteiger partial charge in [-0.05, 0) is 38.1 Å². The van der Waals surface area contributed by atoms with Gasteiger partial charge in [-0.2, -0.15) is 0 Å². The molecular weight excluding hydrogens is 292 g/mol. The van der Waals surface area contributed by atoms with Gasteiger partial charge in [0.1, 0.15) is 4.90 Å². The molecule has 1 fully saturated rings. The average Bonchev–Trinajstić information content (AvgIpc) is 2.47. The molecule has 0 spiro atoms. The summed E-state index contributed by atoms with van der Waals surface area (Å²) in [5, 5.41) is 0. The Morgan fingerprint density at radius 3 is 2.71 bits per heavy atom. The molecule has 1 saturated heterocycles. The lowest BCUT2D eigenvalue weighted by atomic mass is 9.97. The minimum Gasteiger partial charge on any atom is -0.398 e. The van der Waals surface area contributed by atoms with Crippen LogP contribution >= 0.6 is 0 Å². The lowest BCUT2D eigenvalue weighted by molar-refractivity contribution is -0.122. The number of hydrogen-bond donors (Lipinski definition) is 3. The highest BCUT2D eigenvalue weighted by Crippen LogP contribution is 2.28. The zero-order chi connectivity index (χ0) is 15.6. The summed E-state index contributed by atoms with van der Waals surface area (Å²) in [5.41, 5.74) is 12.2. The van der Waals surface area contributed by atoms with E-state index in [0.717, 1.165) is 25.1 Å². The van der Waals surface area contributed by atoms with E-state index in [2.05, 4.69) is 4.72 Å². The van der Waals surface area contributed by atoms with E-state index >= 15 is 0 Å². The Hall–Kier alpha value is -1.80. The lowest BCUT2D eigenvalue weighted by Gasteiger charge is -2.33. The van der Waals surface area contributed by atoms with Crippen LogP contribution in [0.4, 0.5) is 11.4 Å². The monoisotopic (exact) mass is 312 g/mol. The molecule has 0 saturated carbocycles. The number of nitrogen functional groups attached to an aromatic ring is 1. The van der Waals surface area contributed by atoms with Gasteiger partial charge < -0.3 is 16.4 Å². The van der Waals surface area contributed by atoms with Crippen LogP contribution in [0.5, 0.6) is 0 Å². The van der Waals surface area contributed by atoms with E-state index in [1.165, 1.54) is 13.1 Å². The highest BCUT2D eigenvalue weighted by atomic mass is 32.2. The van der Waals surface area contributed by atoms with Crippen LogP contribution in [0, 0.1) is 5.92 Å². The third-order valence-electron chi connectivity index (χ3n) is 3.74. The maximum atomic E-state index is 11.8. The maximum absolute atomic E-state index is 11.8. The van der Waals surface area contributed by atoms with Gasteiger partial charge in [0.25, 0.3) is 0 Å². The molecule has 1 atom stereocenters. The Kier molecular flexibility index (Phi) is 4.38. The lowest BCUT2D eigenvalue weighted by Crippen LogP contribution is -2.41. The summed E-state index contributed by atoms with van der Waals surface area (Å²) in [5.74, 6) is -0.484. The van der Waals surface area contributed by atoms with Gasteiger partial charge in [-0.15, -0.1) is 0 Å². The zero-order valence-electron chi connectivity index (χ0n) is 11.9. The van der Waals surface area contributed by atoms with Crippen molar-refractivity contribution in [3.05, 3.63) is 18.2 Å². The summed E-state index contributed by atoms with van der Waals surface area (Å²) < 4.78 is 25.8. The van der Waals surface area contributed by atoms with Gasteiger partial charge >= 0.3 is 0 Å². The molecule has 1 aliphatic heterocycles. The molecule has 5 N–H and O–H groups in total. The summed E-state index contributed by atoms with van der Waals surface area (Å²) in [6.45, 7) is 1.33. The number of sulfonamides is 1. The first-order valence-corrected chi connectivity index (χ1v) is 8.21. The van der Waals surface area contributed by atoms with Gasteiger partial charge in [0, 0.05) is 18.8 Å². The first kappa shape index (κ1) is 15.6. The molecule has 7 nitrogen and oxygen atoms in total. The van der Waals surface area contributed by atoms with E-state index < -0.39 is 10.0 Å². The number of carbonyl (C=O) groups excluding carboxylic acids is 1. The SMILES string of the molecule is CNS(=O)(=O)c1ccc(N2CCCC(C(N)=O)C2)cc1N. The summed E-state index contributed by atoms with van der Waals surface area (Å²) in [7, 11) is -2.23. The maximum Gasteiger partial charge on any atom is 0.242 e. The number of piperidine rings is 1. The number of carbonyl (C=O) groups is 1. The summed E-state index contributed by atoms with van der Waals surface area (Å²) in [4.78, 5) is 13.4. The quantitative estimate of drug-likeness (QED) is 0.670. The van der Waals surface area contributed by atoms with E-state index in [1.807, 2.05) is 4.90 Å². The second kappa shape index (κ2) is 5.90. The number of amides is 1. The number of nitrogens with one attached hydrogen (secondary N) is 1. The number of nitrogens with zero attached hydrogens (tertiary/aromatic N) is 1. The highest BCUT2D eigenvalue weighted by molar-refractivity contribution is 7.89. The fraction of sp³-hybridized carbons (Fsp3) is 0.462. The van der Waals surface area contributed by atoms with Crippen LogP contribution in [-0.2, 0) is 14.8 Å². The van der Waals surface area contributed by atoms with E-state index in [4.69, 9.17) is 11.5 Å². The third-order valence-corrected chi connectivity index (χ3v) is 5.23. The average molecular weight is 312 g/mol. The van der Waals surface area contributed by atoms with Crippen LogP contribution in [-0.4, -0.2) is 34.5 Å². The zero-order valence-corrected chi connectivity index (χ0v) is 12.7. The van der Waals surface area contributed by atoms with Crippen molar-refractivity contribution in [3.63, 3.8) is 0 Å². The number of rotatable bonds is 4. The van der Waals surface area contributed by atoms with Gasteiger partial charge in [-0.1, -0.05) is 0 Å². The number of nitrogens with two attached hydrogens (primary N) is 2. The molecule has 116 valence electrons. The number of hydrogen-bond acceptors (Lipinski definition) is 5. The normalized spacial score (nSPS) is 19.5. The Balaban J connectivity index is 2.26. The Bertz CT molecular complexity index is 645. The molecule has 0 radical (unpaired) electrons. The van der Waals surface area contributed by atoms with Crippen molar-refractivity contribution in [3.8, 4) is 0 Å². The van der Waals surface area contributed by atoms with Gasteiger partial charge in [0.2, 0.25) is 15.9 Å². The van der Waals surface area contributed by atoms with Crippen LogP contribution < -0.4 is 21.1 Å². The molecule has 1 heterocycles. The van der Waals surface area contributed by atoms with Crippen molar-refractivity contribution in [1.82, 2.24) is 4.72 Å². The molecule has 2 rings (SSSR count). The van der Waals surface area contributed by atoms with Crippen LogP contribution in [0.2, 0.25) is 0 Å². The van der Waals surface area contributed by atoms with Crippen molar-refractivity contribution in [2.24, 2.45) is 11.7 Å². The van der Waals surface area contributed by atoms with Crippen molar-refractivity contribution < 1.29 is 13.2 Å². The van der Waals surface area contributed by atoms with Crippen LogP contribution in [0.3, 0.4) is 0 Å². The topological polar surface area (TPSA) is 119 Å². The van der Waals surface area contributed by atoms with E-state index in [-0.39, 0.29) is 22.4 Å². The smallest absolute Gasteiger partial charge is 0.242 e. The molecule has 1 aromatic carbocycles. The summed E-state index contributed by atoms with van der Waals surface area (Å²) in [6, 6.07) is 4.79. The molecule has 0 bridgehead atoms. The summed E-state index contributed by atoms with van der Waals surface area (Å²) in [6.07, 6.45) is 1.65. The first-order chi connectivity index (χ1) is 9.85. The number of anilines is 2. The van der Waals surface area contributed by atoms with Crippen LogP contribution in [0.15, 0.2) is 23.1 Å².